The van der Waals surface area contributed by atoms with Crippen molar-refractivity contribution in [2.24, 2.45) is 5.73 Å². The van der Waals surface area contributed by atoms with Crippen LogP contribution in [0.3, 0.4) is 0 Å². The van der Waals surface area contributed by atoms with Gasteiger partial charge in [-0.25, -0.2) is 0 Å². The molecule has 0 radical (unpaired) electrons. The molecule has 5 heteroatoms. The van der Waals surface area contributed by atoms with Crippen molar-refractivity contribution >= 4 is 11.6 Å². The molecule has 0 fully saturated rings. The topological polar surface area (TPSA) is 53.7 Å². The standard InChI is InChI=1S/C16H26ClNO3/c1-5-13(18)8-12-9-14(17)16(15(10-12)20-4)21-11(2)6-7-19-3/h9-11,13H,5-8,18H2,1-4H3. The Morgan fingerprint density at radius 1 is 1.29 bits per heavy atom. The van der Waals surface area contributed by atoms with E-state index >= 15 is 0 Å². The highest BCUT2D eigenvalue weighted by Gasteiger charge is 2.16. The number of halogens is 1. The van der Waals surface area contributed by atoms with Crippen LogP contribution in [0.1, 0.15) is 32.3 Å². The number of ether oxygens (including phenoxy) is 3. The molecule has 1 aromatic rings. The minimum absolute atomic E-state index is 0.0000914. The fourth-order valence-electron chi connectivity index (χ4n) is 2.00. The zero-order chi connectivity index (χ0) is 15.8. The van der Waals surface area contributed by atoms with Crippen molar-refractivity contribution in [1.29, 1.82) is 0 Å². The van der Waals surface area contributed by atoms with Crippen LogP contribution in [-0.2, 0) is 11.2 Å². The summed E-state index contributed by atoms with van der Waals surface area (Å²) in [5, 5.41) is 0.553. The summed E-state index contributed by atoms with van der Waals surface area (Å²) in [4.78, 5) is 0. The van der Waals surface area contributed by atoms with Gasteiger partial charge in [0.05, 0.1) is 18.2 Å². The van der Waals surface area contributed by atoms with Crippen LogP contribution in [-0.4, -0.2) is 33.0 Å². The highest BCUT2D eigenvalue weighted by molar-refractivity contribution is 6.32. The minimum atomic E-state index is 0.0000914. The molecule has 2 N–H and O–H groups in total. The summed E-state index contributed by atoms with van der Waals surface area (Å²) in [6.45, 7) is 4.69. The fourth-order valence-corrected chi connectivity index (χ4v) is 2.27. The normalized spacial score (nSPS) is 13.8. The van der Waals surface area contributed by atoms with Crippen LogP contribution in [0.15, 0.2) is 12.1 Å². The Bertz CT molecular complexity index is 440. The van der Waals surface area contributed by atoms with Gasteiger partial charge in [0.15, 0.2) is 11.5 Å². The van der Waals surface area contributed by atoms with Gasteiger partial charge in [-0.2, -0.15) is 0 Å². The Balaban J connectivity index is 2.89. The number of nitrogens with two attached hydrogens (primary N) is 1. The Morgan fingerprint density at radius 3 is 2.57 bits per heavy atom. The molecule has 0 heterocycles. The maximum absolute atomic E-state index is 6.34. The summed E-state index contributed by atoms with van der Waals surface area (Å²) < 4.78 is 16.3. The lowest BCUT2D eigenvalue weighted by atomic mass is 10.0. The molecule has 2 unspecified atom stereocenters. The van der Waals surface area contributed by atoms with Gasteiger partial charge in [-0.3, -0.25) is 0 Å². The lowest BCUT2D eigenvalue weighted by molar-refractivity contribution is 0.133. The van der Waals surface area contributed by atoms with Gasteiger partial charge < -0.3 is 19.9 Å². The van der Waals surface area contributed by atoms with Gasteiger partial charge in [-0.1, -0.05) is 18.5 Å². The lowest BCUT2D eigenvalue weighted by Gasteiger charge is -2.19. The molecular formula is C16H26ClNO3. The molecule has 120 valence electrons. The number of hydrogen-bond acceptors (Lipinski definition) is 4. The highest BCUT2D eigenvalue weighted by atomic mass is 35.5. The molecule has 0 saturated carbocycles. The summed E-state index contributed by atoms with van der Waals surface area (Å²) in [5.41, 5.74) is 7.05. The number of rotatable bonds is 9. The minimum Gasteiger partial charge on any atom is -0.493 e. The monoisotopic (exact) mass is 315 g/mol. The van der Waals surface area contributed by atoms with E-state index in [4.69, 9.17) is 31.5 Å². The maximum atomic E-state index is 6.34. The van der Waals surface area contributed by atoms with Crippen LogP contribution >= 0.6 is 11.6 Å². The van der Waals surface area contributed by atoms with Crippen molar-refractivity contribution in [3.63, 3.8) is 0 Å². The summed E-state index contributed by atoms with van der Waals surface area (Å²) >= 11 is 6.34. The second-order valence-corrected chi connectivity index (χ2v) is 5.60. The van der Waals surface area contributed by atoms with Gasteiger partial charge in [-0.15, -0.1) is 0 Å². The van der Waals surface area contributed by atoms with Gasteiger partial charge in [0.2, 0.25) is 0 Å². The second-order valence-electron chi connectivity index (χ2n) is 5.19. The molecule has 2 atom stereocenters. The molecular weight excluding hydrogens is 290 g/mol. The Hall–Kier alpha value is -0.970. The average Bonchev–Trinajstić information content (AvgIpc) is 2.47. The van der Waals surface area contributed by atoms with Crippen LogP contribution in [0, 0.1) is 0 Å². The van der Waals surface area contributed by atoms with Crippen molar-refractivity contribution in [2.45, 2.75) is 45.3 Å². The lowest BCUT2D eigenvalue weighted by Crippen LogP contribution is -2.21. The van der Waals surface area contributed by atoms with E-state index in [1.54, 1.807) is 14.2 Å². The third-order valence-electron chi connectivity index (χ3n) is 3.36. The van der Waals surface area contributed by atoms with E-state index in [0.29, 0.717) is 23.1 Å². The first kappa shape index (κ1) is 18.1. The van der Waals surface area contributed by atoms with Crippen molar-refractivity contribution in [3.05, 3.63) is 22.7 Å². The van der Waals surface area contributed by atoms with E-state index in [2.05, 4.69) is 6.92 Å². The van der Waals surface area contributed by atoms with Crippen molar-refractivity contribution < 1.29 is 14.2 Å². The smallest absolute Gasteiger partial charge is 0.180 e. The van der Waals surface area contributed by atoms with E-state index in [9.17, 15) is 0 Å². The third-order valence-corrected chi connectivity index (χ3v) is 3.64. The molecule has 0 aromatic heterocycles. The molecule has 0 bridgehead atoms. The van der Waals surface area contributed by atoms with Gasteiger partial charge in [0.1, 0.15) is 0 Å². The van der Waals surface area contributed by atoms with Crippen LogP contribution in [0.4, 0.5) is 0 Å². The van der Waals surface area contributed by atoms with E-state index < -0.39 is 0 Å². The zero-order valence-electron chi connectivity index (χ0n) is 13.3. The SMILES string of the molecule is CCC(N)Cc1cc(Cl)c(OC(C)CCOC)c(OC)c1. The van der Waals surface area contributed by atoms with Crippen molar-refractivity contribution in [1.82, 2.24) is 0 Å². The van der Waals surface area contributed by atoms with E-state index in [0.717, 1.165) is 24.8 Å². The number of benzene rings is 1. The molecule has 21 heavy (non-hydrogen) atoms. The third kappa shape index (κ3) is 5.73. The second kappa shape index (κ2) is 9.13. The fraction of sp³-hybridized carbons (Fsp3) is 0.625. The molecule has 0 aliphatic carbocycles. The van der Waals surface area contributed by atoms with Crippen LogP contribution in [0.25, 0.3) is 0 Å². The van der Waals surface area contributed by atoms with Crippen LogP contribution < -0.4 is 15.2 Å². The molecule has 0 aliphatic rings. The van der Waals surface area contributed by atoms with Gasteiger partial charge in [0, 0.05) is 26.2 Å². The van der Waals surface area contributed by atoms with E-state index in [-0.39, 0.29) is 12.1 Å². The predicted octanol–water partition coefficient (Wildman–Crippen LogP) is 3.43. The molecule has 0 aliphatic heterocycles. The first-order valence-electron chi connectivity index (χ1n) is 7.29. The molecule has 0 amide bonds. The first-order chi connectivity index (χ1) is 10.0. The number of methoxy groups -OCH3 is 2. The van der Waals surface area contributed by atoms with Gasteiger partial charge in [-0.05, 0) is 37.5 Å². The van der Waals surface area contributed by atoms with E-state index in [1.807, 2.05) is 19.1 Å². The molecule has 0 saturated heterocycles. The summed E-state index contributed by atoms with van der Waals surface area (Å²) in [5.74, 6) is 1.22. The molecule has 0 spiro atoms. The summed E-state index contributed by atoms with van der Waals surface area (Å²) in [6.07, 6.45) is 2.48. The quantitative estimate of drug-likeness (QED) is 0.758. The Morgan fingerprint density at radius 2 is 2.00 bits per heavy atom. The number of hydrogen-bond donors (Lipinski definition) is 1. The largest absolute Gasteiger partial charge is 0.493 e. The van der Waals surface area contributed by atoms with Gasteiger partial charge in [0.25, 0.3) is 0 Å². The van der Waals surface area contributed by atoms with Crippen molar-refractivity contribution in [3.8, 4) is 11.5 Å². The molecule has 4 nitrogen and oxygen atoms in total. The average molecular weight is 316 g/mol. The summed E-state index contributed by atoms with van der Waals surface area (Å²) in [6, 6.07) is 3.97. The Kier molecular flexibility index (Phi) is 7.86. The van der Waals surface area contributed by atoms with Crippen molar-refractivity contribution in [2.75, 3.05) is 20.8 Å². The van der Waals surface area contributed by atoms with Crippen LogP contribution in [0.5, 0.6) is 11.5 Å². The predicted molar refractivity (Wildman–Crippen MR) is 86.6 cm³/mol. The molecule has 1 rings (SSSR count). The molecule has 1 aromatic carbocycles. The highest BCUT2D eigenvalue weighted by Crippen LogP contribution is 2.37. The van der Waals surface area contributed by atoms with E-state index in [1.165, 1.54) is 0 Å². The zero-order valence-corrected chi connectivity index (χ0v) is 14.1. The summed E-state index contributed by atoms with van der Waals surface area (Å²) in [7, 11) is 3.29. The Labute approximate surface area is 132 Å². The van der Waals surface area contributed by atoms with Crippen LogP contribution in [0.2, 0.25) is 5.02 Å². The first-order valence-corrected chi connectivity index (χ1v) is 7.67. The van der Waals surface area contributed by atoms with Gasteiger partial charge >= 0.3 is 0 Å². The maximum Gasteiger partial charge on any atom is 0.180 e.